The van der Waals surface area contributed by atoms with Crippen LogP contribution in [0.4, 0.5) is 14.5 Å². The van der Waals surface area contributed by atoms with Gasteiger partial charge in [-0.2, -0.15) is 0 Å². The fraction of sp³-hybridized carbons (Fsp3) is 0.333. The predicted molar refractivity (Wildman–Crippen MR) is 47.0 cm³/mol. The van der Waals surface area contributed by atoms with Gasteiger partial charge in [0.15, 0.2) is 0 Å². The monoisotopic (exact) mass is 187 g/mol. The molecule has 0 fully saturated rings. The Balaban J connectivity index is 2.41. The maximum absolute atomic E-state index is 11.7. The molecule has 1 aromatic rings. The highest BCUT2D eigenvalue weighted by Gasteiger charge is 2.03. The molecule has 1 aromatic carbocycles. The van der Waals surface area contributed by atoms with Gasteiger partial charge >= 0.3 is 0 Å². The van der Waals surface area contributed by atoms with Gasteiger partial charge in [-0.15, -0.1) is 0 Å². The highest BCUT2D eigenvalue weighted by Crippen LogP contribution is 2.19. The molecule has 4 heteroatoms. The molecular formula is C9H11F2NO. The molecule has 0 radical (unpaired) electrons. The third kappa shape index (κ3) is 3.27. The zero-order chi connectivity index (χ0) is 9.68. The van der Waals surface area contributed by atoms with Crippen molar-refractivity contribution in [2.75, 3.05) is 12.3 Å². The number of para-hydroxylation sites is 2. The standard InChI is InChI=1S/C9H11F2NO/c10-9(11)5-6-13-8-4-2-1-3-7(8)12/h1-4,9H,5-6,12H2. The fourth-order valence-corrected chi connectivity index (χ4v) is 0.870. The van der Waals surface area contributed by atoms with Crippen molar-refractivity contribution in [3.05, 3.63) is 24.3 Å². The van der Waals surface area contributed by atoms with Crippen molar-refractivity contribution in [1.29, 1.82) is 0 Å². The first-order chi connectivity index (χ1) is 6.20. The van der Waals surface area contributed by atoms with E-state index in [2.05, 4.69) is 0 Å². The van der Waals surface area contributed by atoms with Crippen molar-refractivity contribution < 1.29 is 13.5 Å². The molecule has 72 valence electrons. The summed E-state index contributed by atoms with van der Waals surface area (Å²) < 4.78 is 28.5. The second-order valence-electron chi connectivity index (χ2n) is 2.57. The summed E-state index contributed by atoms with van der Waals surface area (Å²) in [6.45, 7) is -0.00806. The average molecular weight is 187 g/mol. The summed E-state index contributed by atoms with van der Waals surface area (Å²) in [4.78, 5) is 0. The van der Waals surface area contributed by atoms with Crippen molar-refractivity contribution in [3.8, 4) is 5.75 Å². The number of nitrogens with two attached hydrogens (primary N) is 1. The van der Waals surface area contributed by atoms with Gasteiger partial charge in [0.05, 0.1) is 12.3 Å². The van der Waals surface area contributed by atoms with E-state index in [9.17, 15) is 8.78 Å². The highest BCUT2D eigenvalue weighted by molar-refractivity contribution is 5.51. The number of alkyl halides is 2. The molecule has 0 spiro atoms. The lowest BCUT2D eigenvalue weighted by atomic mass is 10.3. The van der Waals surface area contributed by atoms with Crippen molar-refractivity contribution >= 4 is 5.69 Å². The molecule has 0 heterocycles. The van der Waals surface area contributed by atoms with Crippen LogP contribution in [0.5, 0.6) is 5.75 Å². The lowest BCUT2D eigenvalue weighted by molar-refractivity contribution is 0.114. The third-order valence-electron chi connectivity index (χ3n) is 1.51. The predicted octanol–water partition coefficient (Wildman–Crippen LogP) is 2.30. The number of rotatable bonds is 4. The molecule has 0 saturated carbocycles. The van der Waals surface area contributed by atoms with Crippen molar-refractivity contribution in [3.63, 3.8) is 0 Å². The van der Waals surface area contributed by atoms with E-state index in [0.29, 0.717) is 11.4 Å². The number of anilines is 1. The van der Waals surface area contributed by atoms with Crippen molar-refractivity contribution in [2.24, 2.45) is 0 Å². The molecule has 0 aliphatic carbocycles. The summed E-state index contributed by atoms with van der Waals surface area (Å²) in [5.41, 5.74) is 5.99. The van der Waals surface area contributed by atoms with Crippen LogP contribution in [0, 0.1) is 0 Å². The van der Waals surface area contributed by atoms with Crippen LogP contribution in [0.15, 0.2) is 24.3 Å². The first-order valence-corrected chi connectivity index (χ1v) is 3.95. The van der Waals surface area contributed by atoms with E-state index in [-0.39, 0.29) is 13.0 Å². The number of ether oxygens (including phenoxy) is 1. The molecule has 0 saturated heterocycles. The van der Waals surface area contributed by atoms with Crippen LogP contribution >= 0.6 is 0 Å². The third-order valence-corrected chi connectivity index (χ3v) is 1.51. The van der Waals surface area contributed by atoms with Gasteiger partial charge in [0.1, 0.15) is 5.75 Å². The SMILES string of the molecule is Nc1ccccc1OCCC(F)F. The minimum atomic E-state index is -2.33. The number of hydrogen-bond acceptors (Lipinski definition) is 2. The van der Waals surface area contributed by atoms with E-state index < -0.39 is 6.43 Å². The summed E-state index contributed by atoms with van der Waals surface area (Å²) >= 11 is 0. The number of nitrogen functional groups attached to an aromatic ring is 1. The largest absolute Gasteiger partial charge is 0.491 e. The number of benzene rings is 1. The Hall–Kier alpha value is -1.32. The number of halogens is 2. The molecule has 0 bridgehead atoms. The minimum absolute atomic E-state index is 0.00806. The zero-order valence-corrected chi connectivity index (χ0v) is 7.04. The van der Waals surface area contributed by atoms with Crippen LogP contribution in [0.25, 0.3) is 0 Å². The van der Waals surface area contributed by atoms with Crippen LogP contribution in [0.1, 0.15) is 6.42 Å². The molecule has 13 heavy (non-hydrogen) atoms. The summed E-state index contributed by atoms with van der Waals surface area (Å²) in [7, 11) is 0. The van der Waals surface area contributed by atoms with Gasteiger partial charge in [0, 0.05) is 6.42 Å². The van der Waals surface area contributed by atoms with E-state index in [0.717, 1.165) is 0 Å². The van der Waals surface area contributed by atoms with Gasteiger partial charge in [-0.1, -0.05) is 12.1 Å². The van der Waals surface area contributed by atoms with Gasteiger partial charge in [-0.3, -0.25) is 0 Å². The van der Waals surface area contributed by atoms with E-state index in [1.807, 2.05) is 0 Å². The average Bonchev–Trinajstić information content (AvgIpc) is 2.08. The van der Waals surface area contributed by atoms with Crippen LogP contribution < -0.4 is 10.5 Å². The zero-order valence-electron chi connectivity index (χ0n) is 7.04. The van der Waals surface area contributed by atoms with Crippen LogP contribution in [0.2, 0.25) is 0 Å². The van der Waals surface area contributed by atoms with Gasteiger partial charge in [-0.05, 0) is 12.1 Å². The van der Waals surface area contributed by atoms with Gasteiger partial charge < -0.3 is 10.5 Å². The quantitative estimate of drug-likeness (QED) is 0.734. The Labute approximate surface area is 75.3 Å². The molecule has 0 unspecified atom stereocenters. The molecule has 0 aromatic heterocycles. The lowest BCUT2D eigenvalue weighted by Gasteiger charge is -2.07. The van der Waals surface area contributed by atoms with Gasteiger partial charge in [-0.25, -0.2) is 8.78 Å². The Morgan fingerprint density at radius 1 is 1.31 bits per heavy atom. The minimum Gasteiger partial charge on any atom is -0.491 e. The molecule has 0 atom stereocenters. The summed E-state index contributed by atoms with van der Waals surface area (Å²) in [5.74, 6) is 0.461. The lowest BCUT2D eigenvalue weighted by Crippen LogP contribution is -2.04. The topological polar surface area (TPSA) is 35.2 Å². The maximum atomic E-state index is 11.7. The molecule has 1 rings (SSSR count). The van der Waals surface area contributed by atoms with Crippen molar-refractivity contribution in [1.82, 2.24) is 0 Å². The first kappa shape index (κ1) is 9.77. The molecule has 2 nitrogen and oxygen atoms in total. The van der Waals surface area contributed by atoms with E-state index in [1.165, 1.54) is 0 Å². The Morgan fingerprint density at radius 2 is 2.00 bits per heavy atom. The molecular weight excluding hydrogens is 176 g/mol. The van der Waals surface area contributed by atoms with E-state index in [1.54, 1.807) is 24.3 Å². The fourth-order valence-electron chi connectivity index (χ4n) is 0.870. The number of hydrogen-bond donors (Lipinski definition) is 1. The van der Waals surface area contributed by atoms with E-state index >= 15 is 0 Å². The van der Waals surface area contributed by atoms with Crippen LogP contribution in [-0.4, -0.2) is 13.0 Å². The smallest absolute Gasteiger partial charge is 0.241 e. The first-order valence-electron chi connectivity index (χ1n) is 3.95. The maximum Gasteiger partial charge on any atom is 0.241 e. The Bertz CT molecular complexity index is 266. The Kier molecular flexibility index (Phi) is 3.49. The summed E-state index contributed by atoms with van der Waals surface area (Å²) in [6, 6.07) is 6.82. The van der Waals surface area contributed by atoms with Crippen LogP contribution in [0.3, 0.4) is 0 Å². The van der Waals surface area contributed by atoms with Crippen molar-refractivity contribution in [2.45, 2.75) is 12.8 Å². The van der Waals surface area contributed by atoms with Gasteiger partial charge in [0.25, 0.3) is 0 Å². The molecule has 2 N–H and O–H groups in total. The Morgan fingerprint density at radius 3 is 2.62 bits per heavy atom. The molecule has 0 amide bonds. The van der Waals surface area contributed by atoms with Crippen LogP contribution in [-0.2, 0) is 0 Å². The summed E-state index contributed by atoms with van der Waals surface area (Å²) in [6.07, 6.45) is -2.60. The second kappa shape index (κ2) is 4.64. The normalized spacial score (nSPS) is 10.4. The second-order valence-corrected chi connectivity index (χ2v) is 2.57. The van der Waals surface area contributed by atoms with E-state index in [4.69, 9.17) is 10.5 Å². The molecule has 0 aliphatic heterocycles. The molecule has 0 aliphatic rings. The summed E-state index contributed by atoms with van der Waals surface area (Å²) in [5, 5.41) is 0. The van der Waals surface area contributed by atoms with Gasteiger partial charge in [0.2, 0.25) is 6.43 Å². The highest BCUT2D eigenvalue weighted by atomic mass is 19.3.